The van der Waals surface area contributed by atoms with Crippen molar-refractivity contribution in [2.75, 3.05) is 7.05 Å². The Labute approximate surface area is 196 Å². The summed E-state index contributed by atoms with van der Waals surface area (Å²) < 4.78 is 11.5. The number of ether oxygens (including phenoxy) is 1. The maximum Gasteiger partial charge on any atom is 0.213 e. The van der Waals surface area contributed by atoms with E-state index in [9.17, 15) is 0 Å². The molecule has 1 aliphatic carbocycles. The standard InChI is InChI=1S/C22H33N5O2.HI/c1-4-17(5-2)20-13-19(29-27-20)15-26-22(23-3)25-14-16-10-11-24-21(12-16)28-18-8-6-7-9-18;/h10-13,17-18H,4-9,14-15H2,1-3H3,(H2,23,25,26);1H. The average Bonchev–Trinajstić information content (AvgIpc) is 3.42. The number of nitrogens with one attached hydrogen (secondary N) is 2. The molecule has 2 heterocycles. The lowest BCUT2D eigenvalue weighted by atomic mass is 9.99. The monoisotopic (exact) mass is 527 g/mol. The van der Waals surface area contributed by atoms with E-state index >= 15 is 0 Å². The minimum atomic E-state index is 0. The van der Waals surface area contributed by atoms with Crippen LogP contribution in [0.1, 0.15) is 75.3 Å². The molecule has 2 N–H and O–H groups in total. The minimum absolute atomic E-state index is 0. The summed E-state index contributed by atoms with van der Waals surface area (Å²) in [6, 6.07) is 6.02. The Hall–Kier alpha value is -1.84. The molecular formula is C22H34IN5O2. The molecule has 0 spiro atoms. The molecule has 1 aliphatic rings. The third-order valence-electron chi connectivity index (χ3n) is 5.48. The zero-order valence-corrected chi connectivity index (χ0v) is 20.5. The van der Waals surface area contributed by atoms with E-state index in [1.165, 1.54) is 12.8 Å². The van der Waals surface area contributed by atoms with Gasteiger partial charge >= 0.3 is 0 Å². The van der Waals surface area contributed by atoms with Crippen molar-refractivity contribution >= 4 is 29.9 Å². The summed E-state index contributed by atoms with van der Waals surface area (Å²) in [7, 11) is 1.76. The van der Waals surface area contributed by atoms with Crippen molar-refractivity contribution in [1.29, 1.82) is 0 Å². The summed E-state index contributed by atoms with van der Waals surface area (Å²) in [4.78, 5) is 8.62. The lowest BCUT2D eigenvalue weighted by molar-refractivity contribution is 0.201. The van der Waals surface area contributed by atoms with Gasteiger partial charge in [-0.25, -0.2) is 4.98 Å². The first-order valence-electron chi connectivity index (χ1n) is 10.7. The van der Waals surface area contributed by atoms with E-state index < -0.39 is 0 Å². The summed E-state index contributed by atoms with van der Waals surface area (Å²) in [5, 5.41) is 10.8. The molecule has 1 fully saturated rings. The highest BCUT2D eigenvalue weighted by atomic mass is 127. The van der Waals surface area contributed by atoms with Crippen molar-refractivity contribution in [3.63, 3.8) is 0 Å². The van der Waals surface area contributed by atoms with Gasteiger partial charge in [0.2, 0.25) is 5.88 Å². The predicted molar refractivity (Wildman–Crippen MR) is 129 cm³/mol. The molecule has 0 atom stereocenters. The topological polar surface area (TPSA) is 84.6 Å². The van der Waals surface area contributed by atoms with Gasteiger partial charge in [0.05, 0.1) is 12.2 Å². The first-order valence-corrected chi connectivity index (χ1v) is 10.7. The van der Waals surface area contributed by atoms with Crippen molar-refractivity contribution < 1.29 is 9.26 Å². The van der Waals surface area contributed by atoms with Crippen molar-refractivity contribution in [2.45, 2.75) is 77.5 Å². The van der Waals surface area contributed by atoms with E-state index in [2.05, 4.69) is 39.6 Å². The van der Waals surface area contributed by atoms with Gasteiger partial charge in [0, 0.05) is 37.8 Å². The SMILES string of the molecule is CCC(CC)c1cc(CNC(=NC)NCc2ccnc(OC3CCCC3)c2)on1.I. The van der Waals surface area contributed by atoms with Crippen LogP contribution >= 0.6 is 24.0 Å². The normalized spacial score (nSPS) is 14.6. The summed E-state index contributed by atoms with van der Waals surface area (Å²) in [6.07, 6.45) is 8.99. The van der Waals surface area contributed by atoms with Gasteiger partial charge in [-0.05, 0) is 50.2 Å². The number of aliphatic imine (C=N–C) groups is 1. The minimum Gasteiger partial charge on any atom is -0.474 e. The largest absolute Gasteiger partial charge is 0.474 e. The van der Waals surface area contributed by atoms with Crippen molar-refractivity contribution in [2.24, 2.45) is 4.99 Å². The van der Waals surface area contributed by atoms with Gasteiger partial charge in [-0.3, -0.25) is 4.99 Å². The first-order chi connectivity index (χ1) is 14.2. The first kappa shape index (κ1) is 24.4. The Morgan fingerprint density at radius 2 is 1.93 bits per heavy atom. The highest BCUT2D eigenvalue weighted by Crippen LogP contribution is 2.23. The maximum atomic E-state index is 5.99. The highest BCUT2D eigenvalue weighted by Gasteiger charge is 2.17. The van der Waals surface area contributed by atoms with Crippen LogP contribution in [-0.2, 0) is 13.1 Å². The molecule has 1 saturated carbocycles. The Bertz CT molecular complexity index is 785. The molecule has 0 saturated heterocycles. The summed E-state index contributed by atoms with van der Waals surface area (Å²) in [6.45, 7) is 5.53. The van der Waals surface area contributed by atoms with Gasteiger partial charge in [-0.1, -0.05) is 19.0 Å². The summed E-state index contributed by atoms with van der Waals surface area (Å²) in [5.74, 6) is 2.68. The van der Waals surface area contributed by atoms with E-state index in [-0.39, 0.29) is 24.0 Å². The molecule has 0 bridgehead atoms. The van der Waals surface area contributed by atoms with Gasteiger partial charge in [-0.2, -0.15) is 0 Å². The van der Waals surface area contributed by atoms with Crippen LogP contribution < -0.4 is 15.4 Å². The summed E-state index contributed by atoms with van der Waals surface area (Å²) >= 11 is 0. The number of aromatic nitrogens is 2. The lowest BCUT2D eigenvalue weighted by Crippen LogP contribution is -2.36. The van der Waals surface area contributed by atoms with Crippen molar-refractivity contribution in [1.82, 2.24) is 20.8 Å². The van der Waals surface area contributed by atoms with Crippen molar-refractivity contribution in [3.8, 4) is 5.88 Å². The molecule has 166 valence electrons. The van der Waals surface area contributed by atoms with Gasteiger partial charge < -0.3 is 19.9 Å². The number of nitrogens with zero attached hydrogens (tertiary/aromatic N) is 3. The fourth-order valence-electron chi connectivity index (χ4n) is 3.69. The second-order valence-corrected chi connectivity index (χ2v) is 7.54. The molecule has 7 nitrogen and oxygen atoms in total. The third kappa shape index (κ3) is 7.14. The van der Waals surface area contributed by atoms with E-state index in [4.69, 9.17) is 9.26 Å². The molecule has 8 heteroatoms. The van der Waals surface area contributed by atoms with E-state index in [0.717, 1.165) is 42.7 Å². The van der Waals surface area contributed by atoms with Crippen LogP contribution in [0, 0.1) is 0 Å². The van der Waals surface area contributed by atoms with Gasteiger partial charge in [0.1, 0.15) is 6.10 Å². The quantitative estimate of drug-likeness (QED) is 0.278. The number of pyridine rings is 1. The zero-order chi connectivity index (χ0) is 20.5. The van der Waals surface area contributed by atoms with Crippen LogP contribution in [-0.4, -0.2) is 29.3 Å². The van der Waals surface area contributed by atoms with E-state index in [0.29, 0.717) is 37.0 Å². The molecule has 0 unspecified atom stereocenters. The van der Waals surface area contributed by atoms with Gasteiger partial charge in [-0.15, -0.1) is 24.0 Å². The summed E-state index contributed by atoms with van der Waals surface area (Å²) in [5.41, 5.74) is 2.13. The van der Waals surface area contributed by atoms with Crippen LogP contribution in [0.2, 0.25) is 0 Å². The molecule has 30 heavy (non-hydrogen) atoms. The van der Waals surface area contributed by atoms with Crippen LogP contribution in [0.5, 0.6) is 5.88 Å². The third-order valence-corrected chi connectivity index (χ3v) is 5.48. The smallest absolute Gasteiger partial charge is 0.213 e. The Kier molecular flexibility index (Phi) is 10.4. The molecule has 2 aromatic rings. The zero-order valence-electron chi connectivity index (χ0n) is 18.2. The van der Waals surface area contributed by atoms with Crippen LogP contribution in [0.25, 0.3) is 0 Å². The average molecular weight is 527 g/mol. The Morgan fingerprint density at radius 1 is 1.20 bits per heavy atom. The molecule has 3 rings (SSSR count). The number of hydrogen-bond donors (Lipinski definition) is 2. The van der Waals surface area contributed by atoms with Gasteiger partial charge in [0.15, 0.2) is 11.7 Å². The van der Waals surface area contributed by atoms with Crippen LogP contribution in [0.15, 0.2) is 33.9 Å². The van der Waals surface area contributed by atoms with Crippen molar-refractivity contribution in [3.05, 3.63) is 41.4 Å². The van der Waals surface area contributed by atoms with Gasteiger partial charge in [0.25, 0.3) is 0 Å². The molecular weight excluding hydrogens is 493 g/mol. The second kappa shape index (κ2) is 12.8. The predicted octanol–water partition coefficient (Wildman–Crippen LogP) is 4.78. The fraction of sp³-hybridized carbons (Fsp3) is 0.591. The molecule has 0 radical (unpaired) electrons. The molecule has 0 aromatic carbocycles. The molecule has 2 aromatic heterocycles. The Morgan fingerprint density at radius 3 is 2.63 bits per heavy atom. The van der Waals surface area contributed by atoms with E-state index in [1.807, 2.05) is 18.2 Å². The van der Waals surface area contributed by atoms with Crippen LogP contribution in [0.4, 0.5) is 0 Å². The highest BCUT2D eigenvalue weighted by molar-refractivity contribution is 14.0. The number of rotatable bonds is 9. The molecule has 0 amide bonds. The van der Waals surface area contributed by atoms with Crippen LogP contribution in [0.3, 0.4) is 0 Å². The second-order valence-electron chi connectivity index (χ2n) is 7.54. The van der Waals surface area contributed by atoms with E-state index in [1.54, 1.807) is 13.2 Å². The number of guanidine groups is 1. The number of halogens is 1. The molecule has 0 aliphatic heterocycles. The lowest BCUT2D eigenvalue weighted by Gasteiger charge is -2.14. The number of hydrogen-bond acceptors (Lipinski definition) is 5. The Balaban J connectivity index is 0.00000320. The maximum absolute atomic E-state index is 5.99. The fourth-order valence-corrected chi connectivity index (χ4v) is 3.69.